The molecular formula is C30H50F2O6S. The van der Waals surface area contributed by atoms with Crippen LogP contribution in [0.5, 0.6) is 0 Å². The fourth-order valence-corrected chi connectivity index (χ4v) is 9.95. The second-order valence-electron chi connectivity index (χ2n) is 14.4. The molecule has 6 nitrogen and oxygen atoms in total. The number of halogens is 2. The number of alkyl halides is 2. The Hall–Kier alpha value is -0.960. The highest BCUT2D eigenvalue weighted by molar-refractivity contribution is 7.86. The summed E-state index contributed by atoms with van der Waals surface area (Å²) < 4.78 is 66.6. The van der Waals surface area contributed by atoms with Gasteiger partial charge in [-0.3, -0.25) is 4.55 Å². The first-order valence-corrected chi connectivity index (χ1v) is 16.7. The average molecular weight is 577 g/mol. The molecule has 1 N–H and O–H groups in total. The van der Waals surface area contributed by atoms with E-state index in [1.165, 1.54) is 51.4 Å². The van der Waals surface area contributed by atoms with Crippen LogP contribution in [0, 0.1) is 52.3 Å². The maximum Gasteiger partial charge on any atom is 0.508 e. The normalized spacial score (nSPS) is 39.4. The second kappa shape index (κ2) is 11.4. The number of carbonyl (C=O) groups is 1. The molecule has 0 spiro atoms. The first kappa shape index (κ1) is 31.0. The summed E-state index contributed by atoms with van der Waals surface area (Å²) in [5, 5.41) is -4.56. The Bertz CT molecular complexity index is 986. The van der Waals surface area contributed by atoms with E-state index >= 15 is 0 Å². The van der Waals surface area contributed by atoms with Crippen LogP contribution in [-0.2, 0) is 19.6 Å². The predicted molar refractivity (Wildman–Crippen MR) is 146 cm³/mol. The Morgan fingerprint density at radius 3 is 2.31 bits per heavy atom. The van der Waals surface area contributed by atoms with E-state index in [1.807, 2.05) is 0 Å². The van der Waals surface area contributed by atoms with E-state index in [-0.39, 0.29) is 5.41 Å². The van der Waals surface area contributed by atoms with Crippen molar-refractivity contribution in [3.8, 4) is 0 Å². The van der Waals surface area contributed by atoms with E-state index in [9.17, 15) is 22.0 Å². The van der Waals surface area contributed by atoms with E-state index in [0.717, 1.165) is 42.4 Å². The number of rotatable bonds is 9. The van der Waals surface area contributed by atoms with Crippen LogP contribution in [0.1, 0.15) is 112 Å². The molecule has 0 aromatic heterocycles. The van der Waals surface area contributed by atoms with Gasteiger partial charge in [0.25, 0.3) is 0 Å². The lowest BCUT2D eigenvalue weighted by atomic mass is 9.44. The van der Waals surface area contributed by atoms with Crippen molar-refractivity contribution < 1.29 is 36.0 Å². The SMILES string of the molecule is CC(C)CCC[C@@H](C)[C@H]1CC[C@H]2[C@@H]3CCC4C[C@@H](OC(=O)OCC(F)(F)S(=O)(=O)O)CC[C@]4(C)[C@H]3CC[C@]12C. The highest BCUT2D eigenvalue weighted by atomic mass is 32.2. The van der Waals surface area contributed by atoms with Gasteiger partial charge in [0.05, 0.1) is 0 Å². The minimum absolute atomic E-state index is 0.187. The highest BCUT2D eigenvalue weighted by Crippen LogP contribution is 2.68. The molecule has 0 radical (unpaired) electrons. The molecule has 0 aromatic carbocycles. The van der Waals surface area contributed by atoms with E-state index in [1.54, 1.807) is 0 Å². The van der Waals surface area contributed by atoms with E-state index < -0.39 is 34.2 Å². The van der Waals surface area contributed by atoms with E-state index in [2.05, 4.69) is 39.4 Å². The van der Waals surface area contributed by atoms with Gasteiger partial charge in [-0.05, 0) is 110 Å². The minimum atomic E-state index is -5.66. The lowest BCUT2D eigenvalue weighted by Crippen LogP contribution is -2.54. The zero-order valence-corrected chi connectivity index (χ0v) is 25.3. The van der Waals surface area contributed by atoms with Crippen LogP contribution in [0.25, 0.3) is 0 Å². The largest absolute Gasteiger partial charge is 0.508 e. The molecule has 9 atom stereocenters. The van der Waals surface area contributed by atoms with E-state index in [4.69, 9.17) is 9.29 Å². The third kappa shape index (κ3) is 6.14. The second-order valence-corrected chi connectivity index (χ2v) is 15.9. The molecule has 4 aliphatic rings. The first-order chi connectivity index (χ1) is 18.1. The van der Waals surface area contributed by atoms with Crippen molar-refractivity contribution >= 4 is 16.3 Å². The maximum atomic E-state index is 13.4. The van der Waals surface area contributed by atoms with Gasteiger partial charge in [0.15, 0.2) is 6.61 Å². The molecule has 4 aliphatic carbocycles. The molecule has 0 aliphatic heterocycles. The Morgan fingerprint density at radius 1 is 0.974 bits per heavy atom. The van der Waals surface area contributed by atoms with Crippen molar-refractivity contribution in [1.29, 1.82) is 0 Å². The van der Waals surface area contributed by atoms with Crippen LogP contribution in [0.15, 0.2) is 0 Å². The lowest BCUT2D eigenvalue weighted by Gasteiger charge is -2.61. The van der Waals surface area contributed by atoms with Crippen LogP contribution in [0.4, 0.5) is 13.6 Å². The zero-order chi connectivity index (χ0) is 28.8. The van der Waals surface area contributed by atoms with Gasteiger partial charge >= 0.3 is 21.5 Å². The molecule has 226 valence electrons. The number of hydrogen-bond donors (Lipinski definition) is 1. The minimum Gasteiger partial charge on any atom is -0.431 e. The van der Waals surface area contributed by atoms with Gasteiger partial charge in [-0.1, -0.05) is 53.9 Å². The Balaban J connectivity index is 1.34. The number of fused-ring (bicyclic) bond motifs is 5. The first-order valence-electron chi connectivity index (χ1n) is 15.3. The third-order valence-corrected chi connectivity index (χ3v) is 12.7. The van der Waals surface area contributed by atoms with Crippen LogP contribution in [0.3, 0.4) is 0 Å². The molecule has 0 aromatic rings. The lowest BCUT2D eigenvalue weighted by molar-refractivity contribution is -0.133. The molecule has 39 heavy (non-hydrogen) atoms. The molecule has 0 amide bonds. The molecular weight excluding hydrogens is 526 g/mol. The van der Waals surface area contributed by atoms with Crippen LogP contribution in [0.2, 0.25) is 0 Å². The maximum absolute atomic E-state index is 13.4. The smallest absolute Gasteiger partial charge is 0.431 e. The van der Waals surface area contributed by atoms with Crippen LogP contribution < -0.4 is 0 Å². The molecule has 4 rings (SSSR count). The molecule has 9 heteroatoms. The predicted octanol–water partition coefficient (Wildman–Crippen LogP) is 8.11. The Morgan fingerprint density at radius 2 is 1.64 bits per heavy atom. The van der Waals surface area contributed by atoms with Gasteiger partial charge in [-0.25, -0.2) is 4.79 Å². The topological polar surface area (TPSA) is 89.9 Å². The number of ether oxygens (including phenoxy) is 2. The molecule has 0 bridgehead atoms. The molecule has 1 unspecified atom stereocenters. The van der Waals surface area contributed by atoms with Crippen molar-refractivity contribution in [2.45, 2.75) is 123 Å². The average Bonchev–Trinajstić information content (AvgIpc) is 3.19. The number of carbonyl (C=O) groups excluding carboxylic acids is 1. The fraction of sp³-hybridized carbons (Fsp3) is 0.967. The van der Waals surface area contributed by atoms with Gasteiger partial charge in [0, 0.05) is 0 Å². The summed E-state index contributed by atoms with van der Waals surface area (Å²) in [7, 11) is -5.66. The third-order valence-electron chi connectivity index (χ3n) is 11.8. The highest BCUT2D eigenvalue weighted by Gasteiger charge is 2.60. The summed E-state index contributed by atoms with van der Waals surface area (Å²) in [5.41, 5.74) is 0.628. The quantitative estimate of drug-likeness (QED) is 0.220. The Labute approximate surface area is 234 Å². The van der Waals surface area contributed by atoms with Gasteiger partial charge in [-0.15, -0.1) is 0 Å². The molecule has 0 saturated heterocycles. The summed E-state index contributed by atoms with van der Waals surface area (Å²) in [6, 6.07) is 0. The van der Waals surface area contributed by atoms with Gasteiger partial charge in [0.1, 0.15) is 6.10 Å². The monoisotopic (exact) mass is 576 g/mol. The van der Waals surface area contributed by atoms with Crippen LogP contribution in [-0.4, -0.2) is 37.1 Å². The molecule has 4 saturated carbocycles. The van der Waals surface area contributed by atoms with Crippen molar-refractivity contribution in [2.75, 3.05) is 6.61 Å². The van der Waals surface area contributed by atoms with Crippen LogP contribution >= 0.6 is 0 Å². The molecule has 4 fully saturated rings. The van der Waals surface area contributed by atoms with Gasteiger partial charge in [-0.2, -0.15) is 17.2 Å². The summed E-state index contributed by atoms with van der Waals surface area (Å²) >= 11 is 0. The van der Waals surface area contributed by atoms with Gasteiger partial charge < -0.3 is 9.47 Å². The van der Waals surface area contributed by atoms with Crippen molar-refractivity contribution in [3.63, 3.8) is 0 Å². The summed E-state index contributed by atoms with van der Waals surface area (Å²) in [6.45, 7) is 10.4. The Kier molecular flexibility index (Phi) is 9.04. The van der Waals surface area contributed by atoms with E-state index in [0.29, 0.717) is 30.1 Å². The van der Waals surface area contributed by atoms with Gasteiger partial charge in [0.2, 0.25) is 0 Å². The van der Waals surface area contributed by atoms with Crippen molar-refractivity contribution in [1.82, 2.24) is 0 Å². The zero-order valence-electron chi connectivity index (χ0n) is 24.5. The fourth-order valence-electron chi connectivity index (χ4n) is 9.74. The summed E-state index contributed by atoms with van der Waals surface area (Å²) in [4.78, 5) is 12.0. The summed E-state index contributed by atoms with van der Waals surface area (Å²) in [6.07, 6.45) is 12.1. The number of hydrogen-bond acceptors (Lipinski definition) is 5. The summed E-state index contributed by atoms with van der Waals surface area (Å²) in [5.74, 6) is 5.00. The van der Waals surface area contributed by atoms with Crippen molar-refractivity contribution in [2.24, 2.45) is 52.3 Å². The van der Waals surface area contributed by atoms with Crippen molar-refractivity contribution in [3.05, 3.63) is 0 Å². The molecule has 0 heterocycles. The standard InChI is InChI=1S/C30H50F2O6S/c1-19(2)7-6-8-20(3)24-11-12-25-23-10-9-21-17-22(38-27(33)37-18-30(31,32)39(34,35)36)13-15-28(21,4)26(23)14-16-29(24,25)5/h19-26H,6-18H2,1-5H3,(H,34,35,36)/t20-,21?,22+,23+,24-,25+,26+,28+,29-/m1/s1.